The number of carbonyl (C=O) groups is 1. The van der Waals surface area contributed by atoms with Crippen molar-refractivity contribution < 1.29 is 9.53 Å². The molecule has 0 aliphatic heterocycles. The van der Waals surface area contributed by atoms with Crippen LogP contribution in [-0.2, 0) is 6.54 Å². The standard InChI is InChI=1S/C21H21N3O2/c1-26-18-11-7-15(8-12-18)14-22-21(25)20-13-19(16-9-10-16)23-24(20)17-5-3-2-4-6-17/h2-8,11-13,16H,9-10,14H2,1H3,(H,22,25). The molecule has 0 saturated heterocycles. The van der Waals surface area contributed by atoms with Crippen molar-refractivity contribution >= 4 is 5.91 Å². The van der Waals surface area contributed by atoms with Gasteiger partial charge in [-0.1, -0.05) is 30.3 Å². The summed E-state index contributed by atoms with van der Waals surface area (Å²) in [6.07, 6.45) is 2.30. The summed E-state index contributed by atoms with van der Waals surface area (Å²) in [6.45, 7) is 0.460. The summed E-state index contributed by atoms with van der Waals surface area (Å²) in [5.74, 6) is 1.17. The maximum Gasteiger partial charge on any atom is 0.270 e. The van der Waals surface area contributed by atoms with E-state index in [0.29, 0.717) is 18.2 Å². The van der Waals surface area contributed by atoms with Gasteiger partial charge in [0, 0.05) is 12.5 Å². The van der Waals surface area contributed by atoms with Crippen molar-refractivity contribution in [2.75, 3.05) is 7.11 Å². The van der Waals surface area contributed by atoms with Crippen LogP contribution in [0.4, 0.5) is 0 Å². The van der Waals surface area contributed by atoms with Gasteiger partial charge < -0.3 is 10.1 Å². The topological polar surface area (TPSA) is 56.1 Å². The zero-order valence-corrected chi connectivity index (χ0v) is 14.7. The molecule has 5 nitrogen and oxygen atoms in total. The fourth-order valence-corrected chi connectivity index (χ4v) is 2.92. The Morgan fingerprint density at radius 3 is 2.54 bits per heavy atom. The highest BCUT2D eigenvalue weighted by molar-refractivity contribution is 5.93. The Hall–Kier alpha value is -3.08. The number of para-hydroxylation sites is 1. The van der Waals surface area contributed by atoms with Gasteiger partial charge in [0.05, 0.1) is 18.5 Å². The number of aromatic nitrogens is 2. The van der Waals surface area contributed by atoms with E-state index in [1.165, 1.54) is 0 Å². The van der Waals surface area contributed by atoms with E-state index in [0.717, 1.165) is 35.5 Å². The monoisotopic (exact) mass is 347 g/mol. The molecule has 0 spiro atoms. The Kier molecular flexibility index (Phi) is 4.44. The molecule has 0 unspecified atom stereocenters. The molecule has 0 bridgehead atoms. The molecule has 1 aliphatic rings. The summed E-state index contributed by atoms with van der Waals surface area (Å²) in [4.78, 5) is 12.8. The van der Waals surface area contributed by atoms with Gasteiger partial charge in [0.1, 0.15) is 11.4 Å². The van der Waals surface area contributed by atoms with Gasteiger partial charge in [0.15, 0.2) is 0 Å². The Balaban J connectivity index is 1.54. The molecule has 132 valence electrons. The molecule has 1 heterocycles. The average Bonchev–Trinajstić information content (AvgIpc) is 3.45. The van der Waals surface area contributed by atoms with Gasteiger partial charge in [0.25, 0.3) is 5.91 Å². The zero-order valence-electron chi connectivity index (χ0n) is 14.7. The molecule has 2 aromatic carbocycles. The molecular weight excluding hydrogens is 326 g/mol. The first-order chi connectivity index (χ1) is 12.7. The summed E-state index contributed by atoms with van der Waals surface area (Å²) >= 11 is 0. The molecule has 1 N–H and O–H groups in total. The summed E-state index contributed by atoms with van der Waals surface area (Å²) in [6, 6.07) is 19.4. The van der Waals surface area contributed by atoms with Crippen LogP contribution in [0.1, 0.15) is 40.5 Å². The summed E-state index contributed by atoms with van der Waals surface area (Å²) in [5.41, 5.74) is 3.50. The molecule has 0 radical (unpaired) electrons. The predicted octanol–water partition coefficient (Wildman–Crippen LogP) is 3.69. The zero-order chi connectivity index (χ0) is 17.9. The van der Waals surface area contributed by atoms with E-state index < -0.39 is 0 Å². The van der Waals surface area contributed by atoms with Crippen LogP contribution < -0.4 is 10.1 Å². The van der Waals surface area contributed by atoms with Crippen molar-refractivity contribution in [3.8, 4) is 11.4 Å². The van der Waals surface area contributed by atoms with Gasteiger partial charge in [-0.25, -0.2) is 4.68 Å². The maximum absolute atomic E-state index is 12.8. The van der Waals surface area contributed by atoms with Crippen LogP contribution in [0, 0.1) is 0 Å². The Bertz CT molecular complexity index is 897. The highest BCUT2D eigenvalue weighted by atomic mass is 16.5. The first-order valence-electron chi connectivity index (χ1n) is 8.81. The minimum atomic E-state index is -0.121. The highest BCUT2D eigenvalue weighted by Gasteiger charge is 2.29. The largest absolute Gasteiger partial charge is 0.497 e. The molecule has 1 amide bonds. The maximum atomic E-state index is 12.8. The van der Waals surface area contributed by atoms with Crippen LogP contribution in [-0.4, -0.2) is 22.8 Å². The minimum absolute atomic E-state index is 0.121. The van der Waals surface area contributed by atoms with Crippen LogP contribution in [0.15, 0.2) is 60.7 Å². The second kappa shape index (κ2) is 7.04. The molecule has 1 aromatic heterocycles. The highest BCUT2D eigenvalue weighted by Crippen LogP contribution is 2.39. The number of ether oxygens (including phenoxy) is 1. The van der Waals surface area contributed by atoms with Crippen LogP contribution in [0.2, 0.25) is 0 Å². The first-order valence-corrected chi connectivity index (χ1v) is 8.81. The van der Waals surface area contributed by atoms with E-state index in [2.05, 4.69) is 10.4 Å². The summed E-state index contributed by atoms with van der Waals surface area (Å²) < 4.78 is 6.91. The van der Waals surface area contributed by atoms with Gasteiger partial charge in [0.2, 0.25) is 0 Å². The lowest BCUT2D eigenvalue weighted by atomic mass is 10.2. The van der Waals surface area contributed by atoms with Gasteiger partial charge in [-0.05, 0) is 48.7 Å². The van der Waals surface area contributed by atoms with Gasteiger partial charge in [-0.2, -0.15) is 5.10 Å². The fraction of sp³-hybridized carbons (Fsp3) is 0.238. The van der Waals surface area contributed by atoms with E-state index in [-0.39, 0.29) is 5.91 Å². The quantitative estimate of drug-likeness (QED) is 0.740. The predicted molar refractivity (Wildman–Crippen MR) is 99.7 cm³/mol. The third kappa shape index (κ3) is 3.47. The van der Waals surface area contributed by atoms with Crippen molar-refractivity contribution in [3.63, 3.8) is 0 Å². The van der Waals surface area contributed by atoms with Crippen LogP contribution in [0.25, 0.3) is 5.69 Å². The lowest BCUT2D eigenvalue weighted by molar-refractivity contribution is 0.0943. The SMILES string of the molecule is COc1ccc(CNC(=O)c2cc(C3CC3)nn2-c2ccccc2)cc1. The van der Waals surface area contributed by atoms with E-state index in [4.69, 9.17) is 4.74 Å². The molecule has 0 atom stereocenters. The van der Waals surface area contributed by atoms with Crippen LogP contribution in [0.5, 0.6) is 5.75 Å². The fourth-order valence-electron chi connectivity index (χ4n) is 2.92. The number of hydrogen-bond donors (Lipinski definition) is 1. The van der Waals surface area contributed by atoms with Gasteiger partial charge in [-0.15, -0.1) is 0 Å². The second-order valence-corrected chi connectivity index (χ2v) is 6.51. The van der Waals surface area contributed by atoms with E-state index in [1.807, 2.05) is 60.7 Å². The van der Waals surface area contributed by atoms with Crippen molar-refractivity contribution in [1.29, 1.82) is 0 Å². The number of nitrogens with zero attached hydrogens (tertiary/aromatic N) is 2. The van der Waals surface area contributed by atoms with E-state index >= 15 is 0 Å². The Morgan fingerprint density at radius 2 is 1.88 bits per heavy atom. The van der Waals surface area contributed by atoms with Gasteiger partial charge in [-0.3, -0.25) is 4.79 Å². The van der Waals surface area contributed by atoms with Crippen LogP contribution >= 0.6 is 0 Å². The molecule has 1 fully saturated rings. The molecular formula is C21H21N3O2. The summed E-state index contributed by atoms with van der Waals surface area (Å²) in [5, 5.41) is 7.68. The lowest BCUT2D eigenvalue weighted by Gasteiger charge is -2.09. The average molecular weight is 347 g/mol. The minimum Gasteiger partial charge on any atom is -0.497 e. The van der Waals surface area contributed by atoms with Crippen molar-refractivity contribution in [2.45, 2.75) is 25.3 Å². The van der Waals surface area contributed by atoms with Crippen molar-refractivity contribution in [3.05, 3.63) is 77.6 Å². The molecule has 3 aromatic rings. The number of carbonyl (C=O) groups excluding carboxylic acids is 1. The van der Waals surface area contributed by atoms with E-state index in [1.54, 1.807) is 11.8 Å². The number of rotatable bonds is 6. The van der Waals surface area contributed by atoms with Crippen molar-refractivity contribution in [1.82, 2.24) is 15.1 Å². The van der Waals surface area contributed by atoms with Crippen LogP contribution in [0.3, 0.4) is 0 Å². The third-order valence-corrected chi connectivity index (χ3v) is 4.57. The molecule has 4 rings (SSSR count). The second-order valence-electron chi connectivity index (χ2n) is 6.51. The Morgan fingerprint density at radius 1 is 1.15 bits per heavy atom. The number of amides is 1. The smallest absolute Gasteiger partial charge is 0.270 e. The van der Waals surface area contributed by atoms with Crippen molar-refractivity contribution in [2.24, 2.45) is 0 Å². The number of methoxy groups -OCH3 is 1. The number of benzene rings is 2. The van der Waals surface area contributed by atoms with Gasteiger partial charge >= 0.3 is 0 Å². The summed E-state index contributed by atoms with van der Waals surface area (Å²) in [7, 11) is 1.64. The normalized spacial score (nSPS) is 13.4. The molecule has 1 saturated carbocycles. The van der Waals surface area contributed by atoms with E-state index in [9.17, 15) is 4.79 Å². The Labute approximate surface area is 152 Å². The molecule has 26 heavy (non-hydrogen) atoms. The first kappa shape index (κ1) is 16.4. The number of hydrogen-bond acceptors (Lipinski definition) is 3. The molecule has 1 aliphatic carbocycles. The third-order valence-electron chi connectivity index (χ3n) is 4.57. The lowest BCUT2D eigenvalue weighted by Crippen LogP contribution is -2.25. The number of nitrogens with one attached hydrogen (secondary N) is 1. The molecule has 5 heteroatoms.